The number of likely N-dealkylation sites (N-methyl/N-ethyl adjacent to an activating group) is 1. The fourth-order valence-corrected chi connectivity index (χ4v) is 2.86. The highest BCUT2D eigenvalue weighted by atomic mass is 32.2. The first-order valence-electron chi connectivity index (χ1n) is 5.37. The topological polar surface area (TPSA) is 67.4 Å². The van der Waals surface area contributed by atoms with E-state index in [0.29, 0.717) is 19.7 Å². The molecule has 0 saturated carbocycles. The Morgan fingerprint density at radius 2 is 2.13 bits per heavy atom. The van der Waals surface area contributed by atoms with E-state index in [-0.39, 0.29) is 11.9 Å². The normalized spacial score (nSPS) is 22.9. The van der Waals surface area contributed by atoms with Crippen molar-refractivity contribution in [2.45, 2.75) is 25.4 Å². The van der Waals surface area contributed by atoms with Gasteiger partial charge in [-0.05, 0) is 26.3 Å². The summed E-state index contributed by atoms with van der Waals surface area (Å²) in [6.45, 7) is 1.77. The molecule has 0 aromatic carbocycles. The number of ether oxygens (including phenoxy) is 1. The molecular weight excluding hydrogens is 216 g/mol. The van der Waals surface area contributed by atoms with Crippen molar-refractivity contribution in [3.8, 4) is 0 Å². The molecule has 0 bridgehead atoms. The van der Waals surface area contributed by atoms with Crippen molar-refractivity contribution in [1.29, 1.82) is 0 Å². The largest absolute Gasteiger partial charge is 0.377 e. The van der Waals surface area contributed by atoms with Gasteiger partial charge in [-0.15, -0.1) is 0 Å². The molecule has 0 aromatic rings. The van der Waals surface area contributed by atoms with Crippen LogP contribution in [0.1, 0.15) is 19.3 Å². The minimum atomic E-state index is -3.17. The summed E-state index contributed by atoms with van der Waals surface area (Å²) in [5.41, 5.74) is 0. The lowest BCUT2D eigenvalue weighted by molar-refractivity contribution is 0.0304. The third-order valence-corrected chi connectivity index (χ3v) is 3.83. The summed E-state index contributed by atoms with van der Waals surface area (Å²) in [4.78, 5) is 0. The van der Waals surface area contributed by atoms with Crippen molar-refractivity contribution in [2.75, 3.05) is 32.5 Å². The van der Waals surface area contributed by atoms with Crippen LogP contribution in [0.4, 0.5) is 0 Å². The Kier molecular flexibility index (Phi) is 5.52. The van der Waals surface area contributed by atoms with Gasteiger partial charge in [0.2, 0.25) is 10.0 Å². The Hall–Kier alpha value is -0.170. The van der Waals surface area contributed by atoms with Gasteiger partial charge < -0.3 is 10.1 Å². The number of hydrogen-bond acceptors (Lipinski definition) is 4. The van der Waals surface area contributed by atoms with Crippen LogP contribution >= 0.6 is 0 Å². The number of sulfonamides is 1. The van der Waals surface area contributed by atoms with E-state index < -0.39 is 10.0 Å². The highest BCUT2D eigenvalue weighted by Crippen LogP contribution is 2.13. The Morgan fingerprint density at radius 3 is 2.73 bits per heavy atom. The predicted molar refractivity (Wildman–Crippen MR) is 59.3 cm³/mol. The molecule has 1 aliphatic heterocycles. The number of hydrogen-bond donors (Lipinski definition) is 2. The minimum absolute atomic E-state index is 0.0940. The van der Waals surface area contributed by atoms with Crippen LogP contribution in [-0.2, 0) is 14.8 Å². The standard InChI is InChI=1S/C9H20N2O3S/c1-10-5-6-11-15(12,13)8-9-4-2-3-7-14-9/h9-11H,2-8H2,1H3. The molecule has 5 nitrogen and oxygen atoms in total. The quantitative estimate of drug-likeness (QED) is 0.621. The molecule has 0 radical (unpaired) electrons. The van der Waals surface area contributed by atoms with Gasteiger partial charge in [-0.1, -0.05) is 0 Å². The Balaban J connectivity index is 2.27. The number of nitrogens with one attached hydrogen (secondary N) is 2. The third-order valence-electron chi connectivity index (χ3n) is 2.38. The summed E-state index contributed by atoms with van der Waals surface area (Å²) in [5.74, 6) is 0.0940. The van der Waals surface area contributed by atoms with E-state index in [1.165, 1.54) is 0 Å². The van der Waals surface area contributed by atoms with Gasteiger partial charge in [0.05, 0.1) is 11.9 Å². The Bertz CT molecular complexity index is 261. The van der Waals surface area contributed by atoms with Crippen molar-refractivity contribution in [2.24, 2.45) is 0 Å². The van der Waals surface area contributed by atoms with Gasteiger partial charge in [-0.3, -0.25) is 0 Å². The molecule has 1 rings (SSSR count). The molecule has 1 unspecified atom stereocenters. The molecular formula is C9H20N2O3S. The van der Waals surface area contributed by atoms with E-state index in [4.69, 9.17) is 4.74 Å². The van der Waals surface area contributed by atoms with Crippen molar-refractivity contribution in [3.63, 3.8) is 0 Å². The zero-order chi connectivity index (χ0) is 11.1. The summed E-state index contributed by atoms with van der Waals surface area (Å²) in [7, 11) is -1.38. The number of rotatable bonds is 6. The molecule has 0 amide bonds. The van der Waals surface area contributed by atoms with Crippen molar-refractivity contribution < 1.29 is 13.2 Å². The van der Waals surface area contributed by atoms with E-state index >= 15 is 0 Å². The van der Waals surface area contributed by atoms with Gasteiger partial charge in [0, 0.05) is 19.7 Å². The fraction of sp³-hybridized carbons (Fsp3) is 1.00. The second-order valence-corrected chi connectivity index (χ2v) is 5.62. The second kappa shape index (κ2) is 6.42. The first kappa shape index (κ1) is 12.9. The lowest BCUT2D eigenvalue weighted by atomic mass is 10.1. The van der Waals surface area contributed by atoms with Crippen LogP contribution in [0, 0.1) is 0 Å². The van der Waals surface area contributed by atoms with Gasteiger partial charge in [-0.25, -0.2) is 13.1 Å². The maximum atomic E-state index is 11.6. The molecule has 6 heteroatoms. The van der Waals surface area contributed by atoms with Gasteiger partial charge in [0.1, 0.15) is 0 Å². The van der Waals surface area contributed by atoms with Gasteiger partial charge in [-0.2, -0.15) is 0 Å². The third kappa shape index (κ3) is 5.46. The molecule has 1 heterocycles. The molecule has 1 saturated heterocycles. The van der Waals surface area contributed by atoms with Crippen LogP contribution in [0.15, 0.2) is 0 Å². The van der Waals surface area contributed by atoms with Crippen LogP contribution in [0.2, 0.25) is 0 Å². The molecule has 1 aliphatic rings. The zero-order valence-corrected chi connectivity index (χ0v) is 9.98. The van der Waals surface area contributed by atoms with Gasteiger partial charge in [0.15, 0.2) is 0 Å². The average Bonchev–Trinajstić information content (AvgIpc) is 2.18. The molecule has 0 aliphatic carbocycles. The molecule has 1 atom stereocenters. The average molecular weight is 236 g/mol. The Morgan fingerprint density at radius 1 is 1.33 bits per heavy atom. The van der Waals surface area contributed by atoms with Gasteiger partial charge >= 0.3 is 0 Å². The van der Waals surface area contributed by atoms with Crippen molar-refractivity contribution in [1.82, 2.24) is 10.0 Å². The molecule has 2 N–H and O–H groups in total. The molecule has 1 fully saturated rings. The summed E-state index contributed by atoms with van der Waals surface area (Å²) in [5, 5.41) is 2.89. The smallest absolute Gasteiger partial charge is 0.214 e. The van der Waals surface area contributed by atoms with E-state index in [1.54, 1.807) is 7.05 Å². The van der Waals surface area contributed by atoms with E-state index in [2.05, 4.69) is 10.0 Å². The Labute approximate surface area is 91.6 Å². The van der Waals surface area contributed by atoms with Crippen LogP contribution in [0.3, 0.4) is 0 Å². The SMILES string of the molecule is CNCCNS(=O)(=O)CC1CCCCO1. The maximum Gasteiger partial charge on any atom is 0.214 e. The summed E-state index contributed by atoms with van der Waals surface area (Å²) >= 11 is 0. The van der Waals surface area contributed by atoms with Crippen molar-refractivity contribution in [3.05, 3.63) is 0 Å². The van der Waals surface area contributed by atoms with Crippen LogP contribution < -0.4 is 10.0 Å². The molecule has 15 heavy (non-hydrogen) atoms. The maximum absolute atomic E-state index is 11.6. The zero-order valence-electron chi connectivity index (χ0n) is 9.16. The summed E-state index contributed by atoms with van der Waals surface area (Å²) < 4.78 is 31.0. The lowest BCUT2D eigenvalue weighted by Gasteiger charge is -2.22. The summed E-state index contributed by atoms with van der Waals surface area (Å²) in [6, 6.07) is 0. The molecule has 90 valence electrons. The van der Waals surface area contributed by atoms with Gasteiger partial charge in [0.25, 0.3) is 0 Å². The summed E-state index contributed by atoms with van der Waals surface area (Å²) in [6.07, 6.45) is 2.85. The highest BCUT2D eigenvalue weighted by Gasteiger charge is 2.21. The monoisotopic (exact) mass is 236 g/mol. The van der Waals surface area contributed by atoms with E-state index in [0.717, 1.165) is 19.3 Å². The second-order valence-electron chi connectivity index (χ2n) is 3.77. The minimum Gasteiger partial charge on any atom is -0.377 e. The van der Waals surface area contributed by atoms with Crippen molar-refractivity contribution >= 4 is 10.0 Å². The van der Waals surface area contributed by atoms with Crippen LogP contribution in [0.25, 0.3) is 0 Å². The van der Waals surface area contributed by atoms with Crippen LogP contribution in [-0.4, -0.2) is 47.0 Å². The first-order chi connectivity index (χ1) is 7.14. The predicted octanol–water partition coefficient (Wildman–Crippen LogP) is -0.306. The van der Waals surface area contributed by atoms with Crippen LogP contribution in [0.5, 0.6) is 0 Å². The molecule has 0 aromatic heterocycles. The van der Waals surface area contributed by atoms with E-state index in [9.17, 15) is 8.42 Å². The van der Waals surface area contributed by atoms with E-state index in [1.807, 2.05) is 0 Å². The molecule has 0 spiro atoms. The lowest BCUT2D eigenvalue weighted by Crippen LogP contribution is -2.37. The first-order valence-corrected chi connectivity index (χ1v) is 7.03. The fourth-order valence-electron chi connectivity index (χ4n) is 1.57. The highest BCUT2D eigenvalue weighted by molar-refractivity contribution is 7.89.